The summed E-state index contributed by atoms with van der Waals surface area (Å²) in [6.45, 7) is 6.53. The fourth-order valence-corrected chi connectivity index (χ4v) is 2.64. The summed E-state index contributed by atoms with van der Waals surface area (Å²) >= 11 is 0. The molecular weight excluding hydrogens is 354 g/mol. The highest BCUT2D eigenvalue weighted by molar-refractivity contribution is 5.84. The Morgan fingerprint density at radius 2 is 1.57 bits per heavy atom. The van der Waals surface area contributed by atoms with Gasteiger partial charge >= 0.3 is 0 Å². The van der Waals surface area contributed by atoms with Crippen molar-refractivity contribution in [1.82, 2.24) is 10.9 Å². The van der Waals surface area contributed by atoms with Gasteiger partial charge in [-0.15, -0.1) is 0 Å². The highest BCUT2D eigenvalue weighted by atomic mass is 16.5. The molecular formula is C22H29N3O3. The maximum atomic E-state index is 12.0. The van der Waals surface area contributed by atoms with Gasteiger partial charge in [0.05, 0.1) is 19.3 Å². The van der Waals surface area contributed by atoms with E-state index in [0.717, 1.165) is 5.56 Å². The van der Waals surface area contributed by atoms with Crippen molar-refractivity contribution in [1.29, 1.82) is 0 Å². The molecule has 6 nitrogen and oxygen atoms in total. The first-order valence-corrected chi connectivity index (χ1v) is 9.33. The van der Waals surface area contributed by atoms with E-state index < -0.39 is 0 Å². The predicted octanol–water partition coefficient (Wildman–Crippen LogP) is 3.18. The Balaban J connectivity index is 1.71. The van der Waals surface area contributed by atoms with Crippen molar-refractivity contribution < 1.29 is 14.3 Å². The van der Waals surface area contributed by atoms with Crippen LogP contribution in [0, 0.1) is 0 Å². The van der Waals surface area contributed by atoms with Gasteiger partial charge in [-0.3, -0.25) is 20.4 Å². The smallest absolute Gasteiger partial charge is 0.257 e. The van der Waals surface area contributed by atoms with Gasteiger partial charge in [0.15, 0.2) is 0 Å². The molecule has 0 spiro atoms. The highest BCUT2D eigenvalue weighted by Gasteiger charge is 2.13. The van der Waals surface area contributed by atoms with E-state index in [0.29, 0.717) is 24.3 Å². The monoisotopic (exact) mass is 383 g/mol. The predicted molar refractivity (Wildman–Crippen MR) is 111 cm³/mol. The second-order valence-corrected chi connectivity index (χ2v) is 7.60. The zero-order valence-electron chi connectivity index (χ0n) is 17.0. The third-order valence-electron chi connectivity index (χ3n) is 4.35. The third kappa shape index (κ3) is 6.61. The summed E-state index contributed by atoms with van der Waals surface area (Å²) in [6.07, 6.45) is 0.917. The minimum Gasteiger partial charge on any atom is -0.495 e. The van der Waals surface area contributed by atoms with Gasteiger partial charge in [0.25, 0.3) is 5.91 Å². The summed E-state index contributed by atoms with van der Waals surface area (Å²) in [5.41, 5.74) is 8.03. The van der Waals surface area contributed by atoms with E-state index in [1.54, 1.807) is 13.2 Å². The number of benzene rings is 2. The molecule has 0 bridgehead atoms. The first-order valence-electron chi connectivity index (χ1n) is 9.33. The molecule has 0 radical (unpaired) electrons. The van der Waals surface area contributed by atoms with Gasteiger partial charge in [-0.1, -0.05) is 57.2 Å². The molecule has 2 aromatic carbocycles. The molecule has 2 aromatic rings. The molecule has 0 aromatic heterocycles. The molecule has 0 atom stereocenters. The Morgan fingerprint density at radius 1 is 0.929 bits per heavy atom. The van der Waals surface area contributed by atoms with Crippen LogP contribution in [-0.4, -0.2) is 25.5 Å². The van der Waals surface area contributed by atoms with Crippen molar-refractivity contribution in [2.45, 2.75) is 39.0 Å². The van der Waals surface area contributed by atoms with E-state index in [-0.39, 0.29) is 23.8 Å². The quantitative estimate of drug-likeness (QED) is 0.642. The summed E-state index contributed by atoms with van der Waals surface area (Å²) in [4.78, 5) is 23.9. The van der Waals surface area contributed by atoms with Crippen LogP contribution in [-0.2, 0) is 21.4 Å². The lowest BCUT2D eigenvalue weighted by atomic mass is 9.86. The van der Waals surface area contributed by atoms with Crippen LogP contribution >= 0.6 is 0 Å². The molecule has 0 saturated carbocycles. The van der Waals surface area contributed by atoms with E-state index in [4.69, 9.17) is 4.74 Å². The number of carbonyl (C=O) groups is 2. The second-order valence-electron chi connectivity index (χ2n) is 7.60. The number of hydrogen-bond acceptors (Lipinski definition) is 4. The number of rotatable bonds is 7. The van der Waals surface area contributed by atoms with Crippen LogP contribution in [0.1, 0.15) is 38.3 Å². The normalized spacial score (nSPS) is 10.9. The summed E-state index contributed by atoms with van der Waals surface area (Å²) in [7, 11) is 1.57. The number of hydrazine groups is 1. The number of carbonyl (C=O) groups excluding carboxylic acids is 2. The van der Waals surface area contributed by atoms with E-state index in [1.807, 2.05) is 30.3 Å². The maximum absolute atomic E-state index is 12.0. The number of para-hydroxylation sites is 2. The first kappa shape index (κ1) is 21.3. The summed E-state index contributed by atoms with van der Waals surface area (Å²) in [5, 5.41) is 2.97. The molecule has 0 aliphatic heterocycles. The van der Waals surface area contributed by atoms with Crippen LogP contribution in [0.3, 0.4) is 0 Å². The molecule has 2 rings (SSSR count). The molecule has 0 aliphatic rings. The lowest BCUT2D eigenvalue weighted by Crippen LogP contribution is -2.44. The van der Waals surface area contributed by atoms with E-state index in [2.05, 4.69) is 49.1 Å². The van der Waals surface area contributed by atoms with Gasteiger partial charge in [0.1, 0.15) is 5.75 Å². The van der Waals surface area contributed by atoms with Gasteiger partial charge < -0.3 is 10.1 Å². The molecule has 28 heavy (non-hydrogen) atoms. The van der Waals surface area contributed by atoms with Gasteiger partial charge in [0.2, 0.25) is 5.91 Å². The SMILES string of the molecule is COc1ccccc1NCC(=O)NNC(=O)CCc1ccc(C(C)(C)C)cc1. The van der Waals surface area contributed by atoms with Crippen molar-refractivity contribution >= 4 is 17.5 Å². The molecule has 0 unspecified atom stereocenters. The van der Waals surface area contributed by atoms with Crippen molar-refractivity contribution in [3.8, 4) is 5.75 Å². The van der Waals surface area contributed by atoms with Gasteiger partial charge in [-0.2, -0.15) is 0 Å². The highest BCUT2D eigenvalue weighted by Crippen LogP contribution is 2.23. The first-order chi connectivity index (χ1) is 13.3. The zero-order valence-corrected chi connectivity index (χ0v) is 17.0. The van der Waals surface area contributed by atoms with Crippen LogP contribution in [0.15, 0.2) is 48.5 Å². The van der Waals surface area contributed by atoms with Crippen molar-refractivity contribution in [3.63, 3.8) is 0 Å². The Kier molecular flexibility index (Phi) is 7.44. The second kappa shape index (κ2) is 9.78. The Labute approximate surface area is 166 Å². The van der Waals surface area contributed by atoms with Crippen molar-refractivity contribution in [3.05, 3.63) is 59.7 Å². The summed E-state index contributed by atoms with van der Waals surface area (Å²) < 4.78 is 5.21. The third-order valence-corrected chi connectivity index (χ3v) is 4.35. The number of aryl methyl sites for hydroxylation is 1. The Morgan fingerprint density at radius 3 is 2.21 bits per heavy atom. The molecule has 3 N–H and O–H groups in total. The number of ether oxygens (including phenoxy) is 1. The minimum atomic E-state index is -0.339. The maximum Gasteiger partial charge on any atom is 0.257 e. The lowest BCUT2D eigenvalue weighted by molar-refractivity contribution is -0.128. The molecule has 0 aliphatic carbocycles. The largest absolute Gasteiger partial charge is 0.495 e. The van der Waals surface area contributed by atoms with Crippen LogP contribution in [0.5, 0.6) is 5.75 Å². The number of methoxy groups -OCH3 is 1. The standard InChI is InChI=1S/C22H29N3O3/c1-22(2,3)17-12-9-16(10-13-17)11-14-20(26)24-25-21(27)15-23-18-7-5-6-8-19(18)28-4/h5-10,12-13,23H,11,14-15H2,1-4H3,(H,24,26)(H,25,27). The number of hydrogen-bond donors (Lipinski definition) is 3. The van der Waals surface area contributed by atoms with E-state index in [1.165, 1.54) is 5.56 Å². The zero-order chi connectivity index (χ0) is 20.6. The minimum absolute atomic E-state index is 0.0227. The van der Waals surface area contributed by atoms with Crippen LogP contribution < -0.4 is 20.9 Å². The summed E-state index contributed by atoms with van der Waals surface area (Å²) in [6, 6.07) is 15.6. The van der Waals surface area contributed by atoms with E-state index in [9.17, 15) is 9.59 Å². The average Bonchev–Trinajstić information content (AvgIpc) is 2.69. The molecule has 6 heteroatoms. The molecule has 150 valence electrons. The van der Waals surface area contributed by atoms with Gasteiger partial charge in [-0.05, 0) is 35.1 Å². The number of nitrogens with one attached hydrogen (secondary N) is 3. The van der Waals surface area contributed by atoms with Crippen molar-refractivity contribution in [2.75, 3.05) is 19.0 Å². The van der Waals surface area contributed by atoms with E-state index >= 15 is 0 Å². The Hall–Kier alpha value is -3.02. The molecule has 2 amide bonds. The molecule has 0 saturated heterocycles. The molecule has 0 fully saturated rings. The average molecular weight is 383 g/mol. The summed E-state index contributed by atoms with van der Waals surface area (Å²) in [5.74, 6) is 0.0798. The van der Waals surface area contributed by atoms with Crippen LogP contribution in [0.25, 0.3) is 0 Å². The van der Waals surface area contributed by atoms with Crippen molar-refractivity contribution in [2.24, 2.45) is 0 Å². The fourth-order valence-electron chi connectivity index (χ4n) is 2.64. The Bertz CT molecular complexity index is 795. The molecule has 0 heterocycles. The van der Waals surface area contributed by atoms with Gasteiger partial charge in [0, 0.05) is 6.42 Å². The number of amides is 2. The lowest BCUT2D eigenvalue weighted by Gasteiger charge is -2.19. The van der Waals surface area contributed by atoms with Crippen LogP contribution in [0.4, 0.5) is 5.69 Å². The topological polar surface area (TPSA) is 79.5 Å². The fraction of sp³-hybridized carbons (Fsp3) is 0.364. The number of anilines is 1. The van der Waals surface area contributed by atoms with Gasteiger partial charge in [-0.25, -0.2) is 0 Å². The van der Waals surface area contributed by atoms with Crippen LogP contribution in [0.2, 0.25) is 0 Å².